The second-order valence-electron chi connectivity index (χ2n) is 1.90. The van der Waals surface area contributed by atoms with Gasteiger partial charge in [-0.3, -0.25) is 9.59 Å². The molecular weight excluding hydrogens is 122 g/mol. The third-order valence-electron chi connectivity index (χ3n) is 0.967. The topological polar surface area (TPSA) is 80.4 Å². The predicted molar refractivity (Wildman–Crippen MR) is 30.6 cm³/mol. The summed E-state index contributed by atoms with van der Waals surface area (Å²) in [4.78, 5) is 20.1. The monoisotopic (exact) mass is 131 g/mol. The molecule has 0 fully saturated rings. The molecule has 4 heteroatoms. The molecule has 3 N–H and O–H groups in total. The normalized spacial score (nSPS) is 12.6. The van der Waals surface area contributed by atoms with Gasteiger partial charge in [0, 0.05) is 5.92 Å². The number of amides is 1. The Kier molecular flexibility index (Phi) is 2.70. The molecular formula is C5H9NO3. The smallest absolute Gasteiger partial charge is 0.304 e. The maximum atomic E-state index is 10.2. The van der Waals surface area contributed by atoms with Gasteiger partial charge in [0.2, 0.25) is 5.91 Å². The van der Waals surface area contributed by atoms with Gasteiger partial charge in [-0.1, -0.05) is 6.92 Å². The number of carbonyl (C=O) groups excluding carboxylic acids is 1. The number of rotatable bonds is 3. The zero-order valence-electron chi connectivity index (χ0n) is 5.13. The number of hydrogen-bond acceptors (Lipinski definition) is 2. The Morgan fingerprint density at radius 3 is 2.22 bits per heavy atom. The number of hydrogen-bond donors (Lipinski definition) is 2. The highest BCUT2D eigenvalue weighted by molar-refractivity contribution is 5.81. The number of carboxylic acids is 1. The van der Waals surface area contributed by atoms with Crippen molar-refractivity contribution in [3.05, 3.63) is 0 Å². The van der Waals surface area contributed by atoms with Crippen molar-refractivity contribution >= 4 is 11.9 Å². The Balaban J connectivity index is 3.63. The minimum Gasteiger partial charge on any atom is -0.481 e. The van der Waals surface area contributed by atoms with Gasteiger partial charge in [0.25, 0.3) is 0 Å². The van der Waals surface area contributed by atoms with Crippen LogP contribution in [-0.2, 0) is 9.59 Å². The van der Waals surface area contributed by atoms with Gasteiger partial charge in [0.05, 0.1) is 6.42 Å². The Hall–Kier alpha value is -1.06. The first-order chi connectivity index (χ1) is 4.04. The molecule has 0 unspecified atom stereocenters. The molecule has 1 atom stereocenters. The van der Waals surface area contributed by atoms with E-state index in [1.165, 1.54) is 6.92 Å². The fraction of sp³-hybridized carbons (Fsp3) is 0.600. The van der Waals surface area contributed by atoms with Gasteiger partial charge in [-0.05, 0) is 0 Å². The van der Waals surface area contributed by atoms with E-state index in [1.807, 2.05) is 0 Å². The van der Waals surface area contributed by atoms with E-state index in [2.05, 4.69) is 0 Å². The zero-order chi connectivity index (χ0) is 7.44. The molecule has 0 saturated carbocycles. The van der Waals surface area contributed by atoms with Crippen molar-refractivity contribution in [3.63, 3.8) is 0 Å². The fourth-order valence-electron chi connectivity index (χ4n) is 0.363. The standard InChI is InChI=1S/C5H9NO3/c1-3(5(6)9)2-4(7)8/h3H,2H2,1H3,(H2,6,9)(H,7,8)/t3-/m1/s1. The van der Waals surface area contributed by atoms with Crippen molar-refractivity contribution in [3.8, 4) is 0 Å². The van der Waals surface area contributed by atoms with Crippen LogP contribution in [0, 0.1) is 5.92 Å². The van der Waals surface area contributed by atoms with Crippen LogP contribution < -0.4 is 5.73 Å². The summed E-state index contributed by atoms with van der Waals surface area (Å²) in [5.41, 5.74) is 4.78. The van der Waals surface area contributed by atoms with E-state index in [0.717, 1.165) is 0 Å². The van der Waals surface area contributed by atoms with Crippen LogP contribution in [0.3, 0.4) is 0 Å². The lowest BCUT2D eigenvalue weighted by Gasteiger charge is -1.99. The van der Waals surface area contributed by atoms with Crippen LogP contribution in [0.5, 0.6) is 0 Å². The average molecular weight is 131 g/mol. The molecule has 0 spiro atoms. The summed E-state index contributed by atoms with van der Waals surface area (Å²) in [5, 5.41) is 8.12. The lowest BCUT2D eigenvalue weighted by Crippen LogP contribution is -2.22. The van der Waals surface area contributed by atoms with E-state index in [1.54, 1.807) is 0 Å². The minimum absolute atomic E-state index is 0.185. The van der Waals surface area contributed by atoms with Gasteiger partial charge in [-0.2, -0.15) is 0 Å². The summed E-state index contributed by atoms with van der Waals surface area (Å²) < 4.78 is 0. The SMILES string of the molecule is C[C@H](CC(=O)O)C(N)=O. The molecule has 0 radical (unpaired) electrons. The van der Waals surface area contributed by atoms with Crippen molar-refractivity contribution < 1.29 is 14.7 Å². The van der Waals surface area contributed by atoms with Gasteiger partial charge in [0.15, 0.2) is 0 Å². The van der Waals surface area contributed by atoms with E-state index in [9.17, 15) is 9.59 Å². The molecule has 0 saturated heterocycles. The molecule has 9 heavy (non-hydrogen) atoms. The lowest BCUT2D eigenvalue weighted by molar-refractivity contribution is -0.140. The average Bonchev–Trinajstić information content (AvgIpc) is 1.63. The van der Waals surface area contributed by atoms with Crippen LogP contribution in [0.15, 0.2) is 0 Å². The molecule has 0 aliphatic carbocycles. The molecule has 0 aliphatic rings. The number of nitrogens with two attached hydrogens (primary N) is 1. The van der Waals surface area contributed by atoms with E-state index >= 15 is 0 Å². The fourth-order valence-corrected chi connectivity index (χ4v) is 0.363. The Labute approximate surface area is 52.7 Å². The summed E-state index contributed by atoms with van der Waals surface area (Å²) in [6.07, 6.45) is -0.185. The predicted octanol–water partition coefficient (Wildman–Crippen LogP) is -0.417. The molecule has 1 amide bonds. The van der Waals surface area contributed by atoms with Crippen LogP contribution in [0.1, 0.15) is 13.3 Å². The summed E-state index contributed by atoms with van der Waals surface area (Å²) in [6, 6.07) is 0. The van der Waals surface area contributed by atoms with E-state index in [0.29, 0.717) is 0 Å². The number of primary amides is 1. The first kappa shape index (κ1) is 7.94. The lowest BCUT2D eigenvalue weighted by atomic mass is 10.1. The second-order valence-corrected chi connectivity index (χ2v) is 1.90. The van der Waals surface area contributed by atoms with Crippen molar-refractivity contribution in [1.29, 1.82) is 0 Å². The Morgan fingerprint density at radius 2 is 2.11 bits per heavy atom. The zero-order valence-corrected chi connectivity index (χ0v) is 5.13. The third kappa shape index (κ3) is 3.52. The van der Waals surface area contributed by atoms with Crippen molar-refractivity contribution in [2.45, 2.75) is 13.3 Å². The van der Waals surface area contributed by atoms with Gasteiger partial charge in [-0.15, -0.1) is 0 Å². The number of carboxylic acid groups (broad SMARTS) is 1. The highest BCUT2D eigenvalue weighted by Gasteiger charge is 2.11. The second kappa shape index (κ2) is 3.06. The number of carbonyl (C=O) groups is 2. The molecule has 0 heterocycles. The van der Waals surface area contributed by atoms with E-state index in [-0.39, 0.29) is 6.42 Å². The molecule has 0 bridgehead atoms. The molecule has 52 valence electrons. The van der Waals surface area contributed by atoms with Gasteiger partial charge in [0.1, 0.15) is 0 Å². The molecule has 0 aromatic rings. The Morgan fingerprint density at radius 1 is 1.67 bits per heavy atom. The summed E-state index contributed by atoms with van der Waals surface area (Å²) >= 11 is 0. The third-order valence-corrected chi connectivity index (χ3v) is 0.967. The van der Waals surface area contributed by atoms with Crippen LogP contribution in [0.25, 0.3) is 0 Å². The largest absolute Gasteiger partial charge is 0.481 e. The van der Waals surface area contributed by atoms with Gasteiger partial charge >= 0.3 is 5.97 Å². The summed E-state index contributed by atoms with van der Waals surface area (Å²) in [6.45, 7) is 1.48. The molecule has 0 aromatic carbocycles. The maximum Gasteiger partial charge on any atom is 0.304 e. The van der Waals surface area contributed by atoms with Gasteiger partial charge < -0.3 is 10.8 Å². The molecule has 0 aliphatic heterocycles. The molecule has 0 aromatic heterocycles. The van der Waals surface area contributed by atoms with Crippen molar-refractivity contribution in [2.24, 2.45) is 11.7 Å². The summed E-state index contributed by atoms with van der Waals surface area (Å²) in [5.74, 6) is -2.14. The van der Waals surface area contributed by atoms with Crippen LogP contribution in [0.4, 0.5) is 0 Å². The van der Waals surface area contributed by atoms with Crippen molar-refractivity contribution in [1.82, 2.24) is 0 Å². The molecule has 4 nitrogen and oxygen atoms in total. The first-order valence-corrected chi connectivity index (χ1v) is 2.55. The van der Waals surface area contributed by atoms with E-state index in [4.69, 9.17) is 10.8 Å². The van der Waals surface area contributed by atoms with E-state index < -0.39 is 17.8 Å². The van der Waals surface area contributed by atoms with Crippen molar-refractivity contribution in [2.75, 3.05) is 0 Å². The highest BCUT2D eigenvalue weighted by atomic mass is 16.4. The van der Waals surface area contributed by atoms with Crippen LogP contribution in [0.2, 0.25) is 0 Å². The minimum atomic E-state index is -0.999. The number of aliphatic carboxylic acids is 1. The first-order valence-electron chi connectivity index (χ1n) is 2.55. The summed E-state index contributed by atoms with van der Waals surface area (Å²) in [7, 11) is 0. The highest BCUT2D eigenvalue weighted by Crippen LogP contribution is 1.98. The quantitative estimate of drug-likeness (QED) is 0.546. The van der Waals surface area contributed by atoms with Crippen LogP contribution >= 0.6 is 0 Å². The Bertz CT molecular complexity index is 132. The van der Waals surface area contributed by atoms with Gasteiger partial charge in [-0.25, -0.2) is 0 Å². The maximum absolute atomic E-state index is 10.2. The van der Waals surface area contributed by atoms with Crippen LogP contribution in [-0.4, -0.2) is 17.0 Å². The molecule has 0 rings (SSSR count).